The minimum atomic E-state index is -0.393. The van der Waals surface area contributed by atoms with Gasteiger partial charge in [-0.2, -0.15) is 0 Å². The van der Waals surface area contributed by atoms with Crippen molar-refractivity contribution in [2.45, 2.75) is 12.8 Å². The van der Waals surface area contributed by atoms with Gasteiger partial charge in [0.25, 0.3) is 0 Å². The Balaban J connectivity index is 1.97. The number of hydrogen-bond acceptors (Lipinski definition) is 5. The van der Waals surface area contributed by atoms with Crippen molar-refractivity contribution in [1.82, 2.24) is 0 Å². The fraction of sp³-hybridized carbons (Fsp3) is 0.500. The van der Waals surface area contributed by atoms with Crippen LogP contribution in [0.1, 0.15) is 23.2 Å². The van der Waals surface area contributed by atoms with Crippen LogP contribution in [0.3, 0.4) is 0 Å². The highest BCUT2D eigenvalue weighted by Gasteiger charge is 2.19. The molecule has 2 N–H and O–H groups in total. The fourth-order valence-corrected chi connectivity index (χ4v) is 2.13. The third-order valence-corrected chi connectivity index (χ3v) is 3.26. The van der Waals surface area contributed by atoms with Crippen LogP contribution in [0, 0.1) is 5.92 Å². The Hall–Kier alpha value is -1.75. The molecule has 0 unspecified atom stereocenters. The fourth-order valence-electron chi connectivity index (χ4n) is 2.13. The Morgan fingerprint density at radius 3 is 2.84 bits per heavy atom. The molecule has 0 amide bonds. The van der Waals surface area contributed by atoms with E-state index in [4.69, 9.17) is 19.9 Å². The zero-order chi connectivity index (χ0) is 13.7. The summed E-state index contributed by atoms with van der Waals surface area (Å²) in [7, 11) is 1.49. The minimum absolute atomic E-state index is 0.370. The molecule has 0 aliphatic carbocycles. The second-order valence-electron chi connectivity index (χ2n) is 4.58. The van der Waals surface area contributed by atoms with E-state index in [0.717, 1.165) is 26.1 Å². The summed E-state index contributed by atoms with van der Waals surface area (Å²) < 4.78 is 15.7. The van der Waals surface area contributed by atoms with E-state index in [2.05, 4.69) is 0 Å². The first kappa shape index (κ1) is 13.7. The van der Waals surface area contributed by atoms with Crippen LogP contribution in [0.25, 0.3) is 0 Å². The summed E-state index contributed by atoms with van der Waals surface area (Å²) in [6.45, 7) is 1.90. The number of rotatable bonds is 4. The highest BCUT2D eigenvalue weighted by Crippen LogP contribution is 2.27. The molecular formula is C14H19NO4. The molecular weight excluding hydrogens is 246 g/mol. The van der Waals surface area contributed by atoms with Crippen LogP contribution in [-0.2, 0) is 9.47 Å². The zero-order valence-corrected chi connectivity index (χ0v) is 11.1. The first-order valence-electron chi connectivity index (χ1n) is 6.39. The predicted molar refractivity (Wildman–Crippen MR) is 71.2 cm³/mol. The third-order valence-electron chi connectivity index (χ3n) is 3.26. The number of methoxy groups -OCH3 is 1. The Bertz CT molecular complexity index is 441. The molecule has 104 valence electrons. The van der Waals surface area contributed by atoms with E-state index < -0.39 is 5.97 Å². The van der Waals surface area contributed by atoms with Gasteiger partial charge in [-0.15, -0.1) is 0 Å². The first-order chi connectivity index (χ1) is 9.22. The molecule has 1 aromatic carbocycles. The van der Waals surface area contributed by atoms with Crippen LogP contribution in [0.5, 0.6) is 5.75 Å². The second kappa shape index (κ2) is 6.43. The van der Waals surface area contributed by atoms with Crippen molar-refractivity contribution in [3.8, 4) is 5.75 Å². The zero-order valence-electron chi connectivity index (χ0n) is 11.1. The Morgan fingerprint density at radius 2 is 2.16 bits per heavy atom. The molecule has 1 aromatic rings. The number of anilines is 1. The molecule has 0 saturated carbocycles. The molecule has 19 heavy (non-hydrogen) atoms. The van der Waals surface area contributed by atoms with Crippen LogP contribution >= 0.6 is 0 Å². The summed E-state index contributed by atoms with van der Waals surface area (Å²) in [6, 6.07) is 5.05. The molecule has 1 fully saturated rings. The van der Waals surface area contributed by atoms with Gasteiger partial charge in [0, 0.05) is 13.2 Å². The summed E-state index contributed by atoms with van der Waals surface area (Å²) >= 11 is 0. The monoisotopic (exact) mass is 265 g/mol. The molecule has 0 spiro atoms. The molecule has 1 aliphatic rings. The van der Waals surface area contributed by atoms with Gasteiger partial charge >= 0.3 is 5.97 Å². The number of ether oxygens (including phenoxy) is 3. The number of nitrogens with two attached hydrogens (primary N) is 1. The average molecular weight is 265 g/mol. The van der Waals surface area contributed by atoms with E-state index in [0.29, 0.717) is 29.5 Å². The number of hydrogen-bond donors (Lipinski definition) is 1. The van der Waals surface area contributed by atoms with Gasteiger partial charge in [-0.3, -0.25) is 0 Å². The van der Waals surface area contributed by atoms with Gasteiger partial charge in [0.15, 0.2) is 5.75 Å². The molecule has 5 heteroatoms. The average Bonchev–Trinajstić information content (AvgIpc) is 2.45. The minimum Gasteiger partial charge on any atom is -0.494 e. The van der Waals surface area contributed by atoms with E-state index in [1.54, 1.807) is 18.2 Å². The van der Waals surface area contributed by atoms with E-state index >= 15 is 0 Å². The lowest BCUT2D eigenvalue weighted by molar-refractivity contribution is 0.0183. The lowest BCUT2D eigenvalue weighted by atomic mass is 10.0. The summed E-state index contributed by atoms with van der Waals surface area (Å²) in [4.78, 5) is 12.0. The molecule has 1 saturated heterocycles. The number of carbonyl (C=O) groups is 1. The number of carbonyl (C=O) groups excluding carboxylic acids is 1. The quantitative estimate of drug-likeness (QED) is 0.664. The van der Waals surface area contributed by atoms with E-state index in [1.165, 1.54) is 7.11 Å². The maximum absolute atomic E-state index is 12.0. The van der Waals surface area contributed by atoms with Crippen LogP contribution in [0.2, 0.25) is 0 Å². The lowest BCUT2D eigenvalue weighted by Crippen LogP contribution is -2.22. The smallest absolute Gasteiger partial charge is 0.342 e. The van der Waals surface area contributed by atoms with Crippen molar-refractivity contribution >= 4 is 11.7 Å². The molecule has 0 bridgehead atoms. The highest BCUT2D eigenvalue weighted by molar-refractivity contribution is 5.94. The summed E-state index contributed by atoms with van der Waals surface area (Å²) in [5.74, 6) is 0.361. The molecule has 0 atom stereocenters. The SMILES string of the molecule is COc1c(N)cccc1C(=O)OCC1CCOCC1. The second-order valence-corrected chi connectivity index (χ2v) is 4.58. The van der Waals surface area contributed by atoms with Crippen molar-refractivity contribution < 1.29 is 19.0 Å². The topological polar surface area (TPSA) is 70.8 Å². The maximum Gasteiger partial charge on any atom is 0.342 e. The highest BCUT2D eigenvalue weighted by atomic mass is 16.5. The normalized spacial score (nSPS) is 16.1. The van der Waals surface area contributed by atoms with Crippen molar-refractivity contribution in [2.75, 3.05) is 32.7 Å². The van der Waals surface area contributed by atoms with Gasteiger partial charge in [-0.1, -0.05) is 6.07 Å². The largest absolute Gasteiger partial charge is 0.494 e. The van der Waals surface area contributed by atoms with E-state index in [1.807, 2.05) is 0 Å². The van der Waals surface area contributed by atoms with Crippen molar-refractivity contribution in [2.24, 2.45) is 5.92 Å². The molecule has 5 nitrogen and oxygen atoms in total. The Kier molecular flexibility index (Phi) is 4.63. The predicted octanol–water partition coefficient (Wildman–Crippen LogP) is 1.86. The number of esters is 1. The number of benzene rings is 1. The van der Waals surface area contributed by atoms with Crippen LogP contribution in [0.4, 0.5) is 5.69 Å². The van der Waals surface area contributed by atoms with Crippen molar-refractivity contribution in [3.63, 3.8) is 0 Å². The molecule has 2 rings (SSSR count). The van der Waals surface area contributed by atoms with Gasteiger partial charge in [-0.25, -0.2) is 4.79 Å². The van der Waals surface area contributed by atoms with Gasteiger partial charge in [0.2, 0.25) is 0 Å². The van der Waals surface area contributed by atoms with Crippen LogP contribution in [-0.4, -0.2) is 32.9 Å². The summed E-state index contributed by atoms with van der Waals surface area (Å²) in [6.07, 6.45) is 1.86. The third kappa shape index (κ3) is 3.38. The van der Waals surface area contributed by atoms with Gasteiger partial charge in [-0.05, 0) is 30.9 Å². The lowest BCUT2D eigenvalue weighted by Gasteiger charge is -2.21. The van der Waals surface area contributed by atoms with Crippen molar-refractivity contribution in [1.29, 1.82) is 0 Å². The molecule has 0 aromatic heterocycles. The van der Waals surface area contributed by atoms with E-state index in [-0.39, 0.29) is 0 Å². The summed E-state index contributed by atoms with van der Waals surface area (Å²) in [5, 5.41) is 0. The molecule has 1 aliphatic heterocycles. The number of nitrogen functional groups attached to an aromatic ring is 1. The van der Waals surface area contributed by atoms with Gasteiger partial charge in [0.1, 0.15) is 5.56 Å². The van der Waals surface area contributed by atoms with Crippen LogP contribution in [0.15, 0.2) is 18.2 Å². The molecule has 1 heterocycles. The standard InChI is InChI=1S/C14H19NO4/c1-17-13-11(3-2-4-12(13)15)14(16)19-9-10-5-7-18-8-6-10/h2-4,10H,5-9,15H2,1H3. The Labute approximate surface area is 112 Å². The summed E-state index contributed by atoms with van der Waals surface area (Å²) in [5.41, 5.74) is 6.56. The molecule has 0 radical (unpaired) electrons. The van der Waals surface area contributed by atoms with E-state index in [9.17, 15) is 4.79 Å². The van der Waals surface area contributed by atoms with Crippen LogP contribution < -0.4 is 10.5 Å². The number of para-hydroxylation sites is 1. The van der Waals surface area contributed by atoms with Crippen molar-refractivity contribution in [3.05, 3.63) is 23.8 Å². The Morgan fingerprint density at radius 1 is 1.42 bits per heavy atom. The maximum atomic E-state index is 12.0. The van der Waals surface area contributed by atoms with Gasteiger partial charge < -0.3 is 19.9 Å². The van der Waals surface area contributed by atoms with Gasteiger partial charge in [0.05, 0.1) is 19.4 Å². The first-order valence-corrected chi connectivity index (χ1v) is 6.39.